The molecule has 0 spiro atoms. The van der Waals surface area contributed by atoms with E-state index < -0.39 is 10.0 Å². The Labute approximate surface area is 80.1 Å². The Hall–Kier alpha value is -0.350. The van der Waals surface area contributed by atoms with Crippen molar-refractivity contribution in [1.82, 2.24) is 0 Å². The van der Waals surface area contributed by atoms with Crippen LogP contribution in [0, 0.1) is 11.8 Å². The highest BCUT2D eigenvalue weighted by atomic mass is 32.2. The lowest BCUT2D eigenvalue weighted by Gasteiger charge is -2.20. The van der Waals surface area contributed by atoms with Crippen LogP contribution in [0.25, 0.3) is 0 Å². The van der Waals surface area contributed by atoms with Gasteiger partial charge in [0.1, 0.15) is 0 Å². The van der Waals surface area contributed by atoms with Gasteiger partial charge in [0.05, 0.1) is 5.25 Å². The van der Waals surface area contributed by atoms with Gasteiger partial charge in [0.25, 0.3) is 0 Å². The molecule has 0 aliphatic heterocycles. The molecule has 3 nitrogen and oxygen atoms in total. The fraction of sp³-hybridized carbons (Fsp3) is 0.778. The first kappa shape index (κ1) is 10.7. The molecule has 76 valence electrons. The monoisotopic (exact) mass is 203 g/mol. The summed E-state index contributed by atoms with van der Waals surface area (Å²) >= 11 is 0. The van der Waals surface area contributed by atoms with Gasteiger partial charge in [-0.15, -0.1) is 6.58 Å². The molecule has 1 aliphatic rings. The second-order valence-corrected chi connectivity index (χ2v) is 5.62. The van der Waals surface area contributed by atoms with E-state index in [1.54, 1.807) is 6.08 Å². The van der Waals surface area contributed by atoms with Crippen molar-refractivity contribution in [1.29, 1.82) is 0 Å². The largest absolute Gasteiger partial charge is 0.228 e. The van der Waals surface area contributed by atoms with Crippen LogP contribution in [0.5, 0.6) is 0 Å². The summed E-state index contributed by atoms with van der Waals surface area (Å²) in [7, 11) is -3.37. The summed E-state index contributed by atoms with van der Waals surface area (Å²) in [6.45, 7) is 5.53. The maximum Gasteiger partial charge on any atom is 0.212 e. The van der Waals surface area contributed by atoms with Crippen molar-refractivity contribution in [3.63, 3.8) is 0 Å². The minimum atomic E-state index is -3.37. The van der Waals surface area contributed by atoms with Crippen LogP contribution < -0.4 is 5.14 Å². The van der Waals surface area contributed by atoms with Gasteiger partial charge in [-0.25, -0.2) is 13.6 Å². The van der Waals surface area contributed by atoms with Crippen LogP contribution in [0.15, 0.2) is 12.7 Å². The molecule has 1 rings (SSSR count). The van der Waals surface area contributed by atoms with Gasteiger partial charge < -0.3 is 0 Å². The van der Waals surface area contributed by atoms with Crippen LogP contribution >= 0.6 is 0 Å². The Balaban J connectivity index is 2.72. The summed E-state index contributed by atoms with van der Waals surface area (Å²) in [5.41, 5.74) is 0. The lowest BCUT2D eigenvalue weighted by Crippen LogP contribution is -2.35. The highest BCUT2D eigenvalue weighted by molar-refractivity contribution is 7.89. The molecular weight excluding hydrogens is 186 g/mol. The lowest BCUT2D eigenvalue weighted by atomic mass is 10.0. The zero-order valence-corrected chi connectivity index (χ0v) is 8.76. The Bertz CT molecular complexity index is 280. The quantitative estimate of drug-likeness (QED) is 0.684. The second-order valence-electron chi connectivity index (χ2n) is 3.89. The van der Waals surface area contributed by atoms with Crippen molar-refractivity contribution in [2.24, 2.45) is 17.0 Å². The predicted molar refractivity (Wildman–Crippen MR) is 53.6 cm³/mol. The highest BCUT2D eigenvalue weighted by Crippen LogP contribution is 2.39. The topological polar surface area (TPSA) is 60.2 Å². The van der Waals surface area contributed by atoms with Crippen LogP contribution in [0.4, 0.5) is 0 Å². The summed E-state index contributed by atoms with van der Waals surface area (Å²) in [5, 5.41) is 4.83. The fourth-order valence-corrected chi connectivity index (χ4v) is 3.45. The SMILES string of the molecule is C=CC[C@H](C)C(C1CC1)S(N)(=O)=O. The van der Waals surface area contributed by atoms with Crippen LogP contribution in [0.1, 0.15) is 26.2 Å². The van der Waals surface area contributed by atoms with Crippen LogP contribution in [0.3, 0.4) is 0 Å². The van der Waals surface area contributed by atoms with Gasteiger partial charge in [0.15, 0.2) is 0 Å². The van der Waals surface area contributed by atoms with E-state index in [4.69, 9.17) is 5.14 Å². The number of allylic oxidation sites excluding steroid dienone is 1. The molecule has 4 heteroatoms. The zero-order valence-electron chi connectivity index (χ0n) is 7.94. The number of sulfonamides is 1. The van der Waals surface area contributed by atoms with Gasteiger partial charge in [-0.1, -0.05) is 13.0 Å². The Morgan fingerprint density at radius 1 is 1.62 bits per heavy atom. The van der Waals surface area contributed by atoms with Gasteiger partial charge in [-0.3, -0.25) is 0 Å². The van der Waals surface area contributed by atoms with Gasteiger partial charge >= 0.3 is 0 Å². The van der Waals surface area contributed by atoms with E-state index in [0.717, 1.165) is 19.3 Å². The van der Waals surface area contributed by atoms with Crippen molar-refractivity contribution < 1.29 is 8.42 Å². The number of rotatable bonds is 5. The van der Waals surface area contributed by atoms with Crippen LogP contribution in [0.2, 0.25) is 0 Å². The molecule has 1 unspecified atom stereocenters. The molecule has 0 amide bonds. The summed E-state index contributed by atoms with van der Waals surface area (Å²) in [6.07, 6.45) is 4.48. The van der Waals surface area contributed by atoms with E-state index in [9.17, 15) is 8.42 Å². The first-order valence-electron chi connectivity index (χ1n) is 4.59. The molecule has 1 aliphatic carbocycles. The molecule has 2 atom stereocenters. The maximum absolute atomic E-state index is 11.3. The Morgan fingerprint density at radius 3 is 2.46 bits per heavy atom. The van der Waals surface area contributed by atoms with E-state index in [-0.39, 0.29) is 11.2 Å². The van der Waals surface area contributed by atoms with Crippen LogP contribution in [-0.4, -0.2) is 13.7 Å². The second kappa shape index (κ2) is 3.80. The lowest BCUT2D eigenvalue weighted by molar-refractivity contribution is 0.478. The third kappa shape index (κ3) is 2.81. The van der Waals surface area contributed by atoms with E-state index in [1.165, 1.54) is 0 Å². The molecular formula is C9H17NO2S. The standard InChI is InChI=1S/C9H17NO2S/c1-3-4-7(2)9(8-5-6-8)13(10,11)12/h3,7-9H,1,4-6H2,2H3,(H2,10,11,12)/t7-,9?/m0/s1. The van der Waals surface area contributed by atoms with Crippen LogP contribution in [-0.2, 0) is 10.0 Å². The minimum absolute atomic E-state index is 0.0972. The first-order valence-corrected chi connectivity index (χ1v) is 6.20. The molecule has 0 bridgehead atoms. The van der Waals surface area contributed by atoms with Gasteiger partial charge in [-0.2, -0.15) is 0 Å². The Kier molecular flexibility index (Phi) is 3.14. The molecule has 1 fully saturated rings. The van der Waals surface area contributed by atoms with Gasteiger partial charge in [0, 0.05) is 0 Å². The number of hydrogen-bond donors (Lipinski definition) is 1. The van der Waals surface area contributed by atoms with Gasteiger partial charge in [0.2, 0.25) is 10.0 Å². The third-order valence-electron chi connectivity index (χ3n) is 2.57. The van der Waals surface area contributed by atoms with E-state index in [1.807, 2.05) is 6.92 Å². The average molecular weight is 203 g/mol. The molecule has 2 N–H and O–H groups in total. The molecule has 0 saturated heterocycles. The fourth-order valence-electron chi connectivity index (χ4n) is 1.88. The third-order valence-corrected chi connectivity index (χ3v) is 4.17. The zero-order chi connectivity index (χ0) is 10.1. The van der Waals surface area contributed by atoms with Crippen molar-refractivity contribution >= 4 is 10.0 Å². The average Bonchev–Trinajstić information content (AvgIpc) is 2.68. The van der Waals surface area contributed by atoms with E-state index in [2.05, 4.69) is 6.58 Å². The number of hydrogen-bond acceptors (Lipinski definition) is 2. The Morgan fingerprint density at radius 2 is 2.15 bits per heavy atom. The summed E-state index contributed by atoms with van der Waals surface area (Å²) in [6, 6.07) is 0. The van der Waals surface area contributed by atoms with E-state index >= 15 is 0 Å². The van der Waals surface area contributed by atoms with Crippen molar-refractivity contribution in [3.05, 3.63) is 12.7 Å². The molecule has 0 aromatic rings. The molecule has 0 radical (unpaired) electrons. The molecule has 0 aromatic carbocycles. The highest BCUT2D eigenvalue weighted by Gasteiger charge is 2.41. The van der Waals surface area contributed by atoms with Crippen molar-refractivity contribution in [3.8, 4) is 0 Å². The molecule has 1 saturated carbocycles. The van der Waals surface area contributed by atoms with Crippen molar-refractivity contribution in [2.75, 3.05) is 0 Å². The van der Waals surface area contributed by atoms with E-state index in [0.29, 0.717) is 5.92 Å². The molecule has 0 heterocycles. The molecule has 13 heavy (non-hydrogen) atoms. The summed E-state index contributed by atoms with van der Waals surface area (Å²) in [4.78, 5) is 0. The van der Waals surface area contributed by atoms with Gasteiger partial charge in [-0.05, 0) is 31.1 Å². The van der Waals surface area contributed by atoms with Crippen molar-refractivity contribution in [2.45, 2.75) is 31.4 Å². The summed E-state index contributed by atoms with van der Waals surface area (Å²) in [5.74, 6) is 0.393. The predicted octanol–water partition coefficient (Wildman–Crippen LogP) is 1.27. The molecule has 0 aromatic heterocycles. The maximum atomic E-state index is 11.3. The summed E-state index contributed by atoms with van der Waals surface area (Å²) < 4.78 is 22.5. The normalized spacial score (nSPS) is 22.3. The number of nitrogens with two attached hydrogens (primary N) is 1. The smallest absolute Gasteiger partial charge is 0.212 e. The minimum Gasteiger partial charge on any atom is -0.228 e. The number of primary sulfonamides is 1. The first-order chi connectivity index (χ1) is 5.96.